The molecule has 3 heteroatoms. The third kappa shape index (κ3) is 4.51. The van der Waals surface area contributed by atoms with Gasteiger partial charge in [0.15, 0.2) is 0 Å². The van der Waals surface area contributed by atoms with Crippen LogP contribution in [-0.4, -0.2) is 17.9 Å². The van der Waals surface area contributed by atoms with E-state index in [1.54, 1.807) is 6.92 Å². The van der Waals surface area contributed by atoms with E-state index in [2.05, 4.69) is 36.4 Å². The number of hydrogen-bond donors (Lipinski definition) is 1. The fourth-order valence-corrected chi connectivity index (χ4v) is 2.78. The van der Waals surface area contributed by atoms with Gasteiger partial charge in [0, 0.05) is 11.8 Å². The lowest BCUT2D eigenvalue weighted by molar-refractivity contribution is 0.341. The van der Waals surface area contributed by atoms with E-state index in [4.69, 9.17) is 5.73 Å². The summed E-state index contributed by atoms with van der Waals surface area (Å²) in [6.07, 6.45) is 8.67. The predicted octanol–water partition coefficient (Wildman–Crippen LogP) is 4.51. The zero-order valence-electron chi connectivity index (χ0n) is 13.7. The molecule has 0 aromatic heterocycles. The van der Waals surface area contributed by atoms with E-state index in [0.29, 0.717) is 23.7 Å². The molecular formula is C19H27FN2. The first-order valence-electron chi connectivity index (χ1n) is 8.06. The van der Waals surface area contributed by atoms with Gasteiger partial charge in [0.05, 0.1) is 5.70 Å². The second-order valence-corrected chi connectivity index (χ2v) is 6.58. The van der Waals surface area contributed by atoms with Gasteiger partial charge in [-0.3, -0.25) is 4.99 Å². The fraction of sp³-hybridized carbons (Fsp3) is 0.526. The number of nitrogens with zero attached hydrogens (tertiary/aromatic N) is 1. The highest BCUT2D eigenvalue weighted by Gasteiger charge is 2.27. The van der Waals surface area contributed by atoms with Crippen LogP contribution in [0.4, 0.5) is 4.39 Å². The summed E-state index contributed by atoms with van der Waals surface area (Å²) in [4.78, 5) is 4.31. The number of nitrogens with two attached hydrogens (primary N) is 1. The van der Waals surface area contributed by atoms with E-state index in [1.807, 2.05) is 6.92 Å². The Bertz CT molecular complexity index is 538. The van der Waals surface area contributed by atoms with E-state index >= 15 is 0 Å². The second kappa shape index (κ2) is 7.19. The van der Waals surface area contributed by atoms with Gasteiger partial charge in [-0.2, -0.15) is 0 Å². The topological polar surface area (TPSA) is 38.4 Å². The van der Waals surface area contributed by atoms with E-state index in [-0.39, 0.29) is 12.0 Å². The summed E-state index contributed by atoms with van der Waals surface area (Å²) in [7, 11) is 0. The van der Waals surface area contributed by atoms with Gasteiger partial charge < -0.3 is 5.73 Å². The highest BCUT2D eigenvalue weighted by Crippen LogP contribution is 2.38. The summed E-state index contributed by atoms with van der Waals surface area (Å²) >= 11 is 0. The molecule has 0 amide bonds. The van der Waals surface area contributed by atoms with Gasteiger partial charge in [-0.1, -0.05) is 37.0 Å². The molecule has 2 nitrogen and oxygen atoms in total. The Balaban J connectivity index is 1.90. The van der Waals surface area contributed by atoms with Crippen LogP contribution in [0.15, 0.2) is 53.2 Å². The van der Waals surface area contributed by atoms with Crippen LogP contribution in [0.5, 0.6) is 0 Å². The molecule has 120 valence electrons. The van der Waals surface area contributed by atoms with Crippen LogP contribution in [0, 0.1) is 11.8 Å². The maximum absolute atomic E-state index is 14.4. The molecule has 0 aromatic carbocycles. The van der Waals surface area contributed by atoms with Crippen molar-refractivity contribution in [3.8, 4) is 0 Å². The third-order valence-electron chi connectivity index (χ3n) is 4.50. The Labute approximate surface area is 133 Å². The van der Waals surface area contributed by atoms with Crippen molar-refractivity contribution in [2.75, 3.05) is 0 Å². The number of allylic oxidation sites excluding steroid dienone is 4. The van der Waals surface area contributed by atoms with Gasteiger partial charge in [-0.15, -0.1) is 0 Å². The third-order valence-corrected chi connectivity index (χ3v) is 4.50. The van der Waals surface area contributed by atoms with Crippen molar-refractivity contribution in [1.82, 2.24) is 0 Å². The molecule has 2 N–H and O–H groups in total. The summed E-state index contributed by atoms with van der Waals surface area (Å²) in [5.41, 5.74) is 9.40. The Morgan fingerprint density at radius 3 is 2.73 bits per heavy atom. The van der Waals surface area contributed by atoms with Crippen molar-refractivity contribution in [2.45, 2.75) is 51.7 Å². The first kappa shape index (κ1) is 16.9. The minimum absolute atomic E-state index is 0.194. The molecule has 1 saturated carbocycles. The van der Waals surface area contributed by atoms with Crippen molar-refractivity contribution < 1.29 is 4.39 Å². The largest absolute Gasteiger partial charge is 0.327 e. The molecule has 0 aromatic rings. The van der Waals surface area contributed by atoms with E-state index in [1.165, 1.54) is 5.57 Å². The van der Waals surface area contributed by atoms with Crippen molar-refractivity contribution in [2.24, 2.45) is 22.6 Å². The van der Waals surface area contributed by atoms with Crippen molar-refractivity contribution >= 4 is 5.71 Å². The molecular weight excluding hydrogens is 275 g/mol. The average Bonchev–Trinajstić information content (AvgIpc) is 3.30. The van der Waals surface area contributed by atoms with Gasteiger partial charge in [0.1, 0.15) is 6.17 Å². The van der Waals surface area contributed by atoms with Crippen LogP contribution in [0.3, 0.4) is 0 Å². The molecule has 0 radical (unpaired) electrons. The normalized spacial score (nSPS) is 24.6. The van der Waals surface area contributed by atoms with Crippen LogP contribution in [-0.2, 0) is 0 Å². The van der Waals surface area contributed by atoms with Gasteiger partial charge in [0.2, 0.25) is 0 Å². The number of halogens is 1. The second-order valence-electron chi connectivity index (χ2n) is 6.58. The van der Waals surface area contributed by atoms with Gasteiger partial charge >= 0.3 is 0 Å². The van der Waals surface area contributed by atoms with Crippen LogP contribution < -0.4 is 5.73 Å². The SMILES string of the molecule is C=C(N=C(C)C(F)CC(N)C1C=C(C)C=CC1)C(=C)C1CC1. The van der Waals surface area contributed by atoms with Crippen molar-refractivity contribution in [3.05, 3.63) is 48.2 Å². The van der Waals surface area contributed by atoms with Crippen LogP contribution >= 0.6 is 0 Å². The number of aliphatic imine (C=N–C) groups is 1. The lowest BCUT2D eigenvalue weighted by Gasteiger charge is -2.24. The molecule has 2 aliphatic rings. The highest BCUT2D eigenvalue weighted by atomic mass is 19.1. The molecule has 0 spiro atoms. The van der Waals surface area contributed by atoms with Gasteiger partial charge in [0.25, 0.3) is 0 Å². The van der Waals surface area contributed by atoms with E-state index in [9.17, 15) is 4.39 Å². The quantitative estimate of drug-likeness (QED) is 0.545. The Morgan fingerprint density at radius 1 is 1.45 bits per heavy atom. The van der Waals surface area contributed by atoms with Crippen LogP contribution in [0.25, 0.3) is 0 Å². The monoisotopic (exact) mass is 302 g/mol. The maximum atomic E-state index is 14.4. The van der Waals surface area contributed by atoms with E-state index in [0.717, 1.165) is 24.8 Å². The number of alkyl halides is 1. The summed E-state index contributed by atoms with van der Waals surface area (Å²) in [6, 6.07) is -0.194. The Kier molecular flexibility index (Phi) is 5.52. The van der Waals surface area contributed by atoms with Crippen molar-refractivity contribution in [3.63, 3.8) is 0 Å². The first-order valence-corrected chi connectivity index (χ1v) is 8.06. The fourth-order valence-electron chi connectivity index (χ4n) is 2.78. The van der Waals surface area contributed by atoms with Crippen LogP contribution in [0.1, 0.15) is 39.5 Å². The first-order chi connectivity index (χ1) is 10.4. The molecule has 3 unspecified atom stereocenters. The Morgan fingerprint density at radius 2 is 2.14 bits per heavy atom. The molecule has 2 rings (SSSR count). The Hall–Kier alpha value is -1.48. The molecule has 0 heterocycles. The molecule has 0 aliphatic heterocycles. The molecule has 0 saturated heterocycles. The molecule has 1 fully saturated rings. The number of hydrogen-bond acceptors (Lipinski definition) is 2. The predicted molar refractivity (Wildman–Crippen MR) is 92.6 cm³/mol. The zero-order valence-corrected chi connectivity index (χ0v) is 13.7. The van der Waals surface area contributed by atoms with Gasteiger partial charge in [-0.25, -0.2) is 4.39 Å². The summed E-state index contributed by atoms with van der Waals surface area (Å²) in [6.45, 7) is 11.7. The van der Waals surface area contributed by atoms with Gasteiger partial charge in [-0.05, 0) is 56.9 Å². The molecule has 3 atom stereocenters. The smallest absolute Gasteiger partial charge is 0.139 e. The summed E-state index contributed by atoms with van der Waals surface area (Å²) < 4.78 is 14.4. The average molecular weight is 302 g/mol. The van der Waals surface area contributed by atoms with Crippen LogP contribution in [0.2, 0.25) is 0 Å². The summed E-state index contributed by atoms with van der Waals surface area (Å²) in [5.74, 6) is 0.715. The highest BCUT2D eigenvalue weighted by molar-refractivity contribution is 5.87. The maximum Gasteiger partial charge on any atom is 0.139 e. The minimum Gasteiger partial charge on any atom is -0.327 e. The van der Waals surface area contributed by atoms with E-state index < -0.39 is 6.17 Å². The standard InChI is InChI=1S/C19H27FN2/c1-12-6-5-7-17(10-12)19(21)11-18(20)15(4)22-14(3)13(2)16-8-9-16/h5-6,10,16-19H,2-3,7-9,11,21H2,1,4H3. The lowest BCUT2D eigenvalue weighted by atomic mass is 9.87. The summed E-state index contributed by atoms with van der Waals surface area (Å²) in [5, 5.41) is 0. The molecule has 2 aliphatic carbocycles. The van der Waals surface area contributed by atoms with Crippen molar-refractivity contribution in [1.29, 1.82) is 0 Å². The minimum atomic E-state index is -1.13. The number of rotatable bonds is 7. The molecule has 0 bridgehead atoms. The lowest BCUT2D eigenvalue weighted by Crippen LogP contribution is -2.34. The molecule has 22 heavy (non-hydrogen) atoms. The zero-order chi connectivity index (χ0) is 16.3.